The van der Waals surface area contributed by atoms with Crippen LogP contribution in [0, 0.1) is 6.92 Å². The lowest BCUT2D eigenvalue weighted by molar-refractivity contribution is 0.265. The summed E-state index contributed by atoms with van der Waals surface area (Å²) in [6.45, 7) is 1.58. The third-order valence-corrected chi connectivity index (χ3v) is 2.45. The molecule has 0 saturated heterocycles. The summed E-state index contributed by atoms with van der Waals surface area (Å²) in [5.41, 5.74) is 7.79. The summed E-state index contributed by atoms with van der Waals surface area (Å²) in [4.78, 5) is 0. The van der Waals surface area contributed by atoms with Crippen LogP contribution in [0.3, 0.4) is 0 Å². The predicted octanol–water partition coefficient (Wildman–Crippen LogP) is 1.43. The molecule has 0 amide bonds. The molecule has 1 rings (SSSR count). The van der Waals surface area contributed by atoms with Gasteiger partial charge < -0.3 is 15.9 Å². The Morgan fingerprint density at radius 2 is 2.14 bits per heavy atom. The van der Waals surface area contributed by atoms with Gasteiger partial charge in [0.05, 0.1) is 12.6 Å². The van der Waals surface area contributed by atoms with E-state index >= 15 is 0 Å². The third-order valence-electron chi connectivity index (χ3n) is 2.14. The van der Waals surface area contributed by atoms with Gasteiger partial charge in [0.25, 0.3) is 0 Å². The van der Waals surface area contributed by atoms with Crippen molar-refractivity contribution in [1.82, 2.24) is 0 Å². The third kappa shape index (κ3) is 2.18. The van der Waals surface area contributed by atoms with Crippen molar-refractivity contribution in [2.75, 3.05) is 6.61 Å². The van der Waals surface area contributed by atoms with E-state index in [0.29, 0.717) is 11.4 Å². The first-order valence-corrected chi connectivity index (χ1v) is 4.88. The molecule has 4 N–H and O–H groups in total. The topological polar surface area (TPSA) is 66.5 Å². The van der Waals surface area contributed by atoms with Gasteiger partial charge in [-0.3, -0.25) is 0 Å². The monoisotopic (exact) mass is 215 g/mol. The molecule has 78 valence electrons. The highest BCUT2D eigenvalue weighted by atomic mass is 35.5. The van der Waals surface area contributed by atoms with Crippen LogP contribution in [0.4, 0.5) is 0 Å². The van der Waals surface area contributed by atoms with Gasteiger partial charge in [-0.2, -0.15) is 0 Å². The normalized spacial score (nSPS) is 12.9. The summed E-state index contributed by atoms with van der Waals surface area (Å²) < 4.78 is 0. The number of hydrogen-bond acceptors (Lipinski definition) is 3. The van der Waals surface area contributed by atoms with Gasteiger partial charge in [0.15, 0.2) is 0 Å². The maximum atomic E-state index is 9.68. The molecule has 0 heterocycles. The lowest BCUT2D eigenvalue weighted by Gasteiger charge is -2.14. The van der Waals surface area contributed by atoms with Gasteiger partial charge >= 0.3 is 0 Å². The molecular formula is C10H14ClNO2. The summed E-state index contributed by atoms with van der Waals surface area (Å²) in [5, 5.41) is 18.6. The summed E-state index contributed by atoms with van der Waals surface area (Å²) >= 11 is 5.69. The second-order valence-corrected chi connectivity index (χ2v) is 3.54. The Morgan fingerprint density at radius 3 is 2.64 bits per heavy atom. The van der Waals surface area contributed by atoms with E-state index in [-0.39, 0.29) is 12.4 Å². The van der Waals surface area contributed by atoms with E-state index < -0.39 is 6.04 Å². The van der Waals surface area contributed by atoms with Gasteiger partial charge in [-0.25, -0.2) is 0 Å². The van der Waals surface area contributed by atoms with Gasteiger partial charge in [0.1, 0.15) is 5.75 Å². The number of phenols is 1. The van der Waals surface area contributed by atoms with Crippen molar-refractivity contribution >= 4 is 11.6 Å². The molecule has 1 aromatic carbocycles. The van der Waals surface area contributed by atoms with E-state index in [0.717, 1.165) is 11.1 Å². The van der Waals surface area contributed by atoms with Crippen LogP contribution in [0.15, 0.2) is 12.1 Å². The molecule has 0 radical (unpaired) electrons. The van der Waals surface area contributed by atoms with E-state index in [1.54, 1.807) is 19.1 Å². The minimum Gasteiger partial charge on any atom is -0.507 e. The summed E-state index contributed by atoms with van der Waals surface area (Å²) in [6.07, 6.45) is 0. The van der Waals surface area contributed by atoms with Gasteiger partial charge in [-0.05, 0) is 24.1 Å². The zero-order valence-electron chi connectivity index (χ0n) is 8.00. The lowest BCUT2D eigenvalue weighted by Crippen LogP contribution is -2.15. The Morgan fingerprint density at radius 1 is 1.50 bits per heavy atom. The Kier molecular flexibility index (Phi) is 3.75. The molecule has 0 spiro atoms. The fourth-order valence-electron chi connectivity index (χ4n) is 1.34. The summed E-state index contributed by atoms with van der Waals surface area (Å²) in [5.74, 6) is 0.507. The van der Waals surface area contributed by atoms with Crippen molar-refractivity contribution in [3.05, 3.63) is 28.8 Å². The number of hydrogen-bond donors (Lipinski definition) is 3. The van der Waals surface area contributed by atoms with E-state index in [2.05, 4.69) is 0 Å². The highest BCUT2D eigenvalue weighted by Crippen LogP contribution is 2.28. The number of rotatable bonds is 3. The molecule has 14 heavy (non-hydrogen) atoms. The number of alkyl halides is 1. The Bertz CT molecular complexity index is 328. The molecule has 0 aromatic heterocycles. The van der Waals surface area contributed by atoms with Gasteiger partial charge in [0, 0.05) is 11.4 Å². The van der Waals surface area contributed by atoms with Crippen molar-refractivity contribution in [3.8, 4) is 5.75 Å². The summed E-state index contributed by atoms with van der Waals surface area (Å²) in [6, 6.07) is 2.96. The van der Waals surface area contributed by atoms with Crippen molar-refractivity contribution in [1.29, 1.82) is 0 Å². The van der Waals surface area contributed by atoms with E-state index in [9.17, 15) is 5.11 Å². The fourth-order valence-corrected chi connectivity index (χ4v) is 1.50. The largest absolute Gasteiger partial charge is 0.507 e. The Hall–Kier alpha value is -0.770. The molecule has 1 atom stereocenters. The zero-order chi connectivity index (χ0) is 10.7. The minimum atomic E-state index is -0.558. The van der Waals surface area contributed by atoms with Gasteiger partial charge in [-0.1, -0.05) is 6.07 Å². The first-order chi connectivity index (χ1) is 6.60. The predicted molar refractivity (Wildman–Crippen MR) is 56.4 cm³/mol. The molecule has 0 fully saturated rings. The van der Waals surface area contributed by atoms with Crippen LogP contribution in [0.5, 0.6) is 5.75 Å². The molecule has 0 unspecified atom stereocenters. The lowest BCUT2D eigenvalue weighted by atomic mass is 10.0. The maximum absolute atomic E-state index is 9.68. The average Bonchev–Trinajstić information content (AvgIpc) is 2.20. The van der Waals surface area contributed by atoms with Crippen LogP contribution in [0.1, 0.15) is 22.7 Å². The first-order valence-electron chi connectivity index (χ1n) is 4.35. The highest BCUT2D eigenvalue weighted by molar-refractivity contribution is 6.17. The Labute approximate surface area is 88.1 Å². The van der Waals surface area contributed by atoms with Gasteiger partial charge in [-0.15, -0.1) is 11.6 Å². The minimum absolute atomic E-state index is 0.139. The maximum Gasteiger partial charge on any atom is 0.123 e. The number of aliphatic hydroxyl groups is 1. The van der Waals surface area contributed by atoms with Crippen molar-refractivity contribution in [3.63, 3.8) is 0 Å². The number of phenolic OH excluding ortho intramolecular Hbond substituents is 1. The molecule has 0 aliphatic rings. The van der Waals surface area contributed by atoms with Crippen LogP contribution in [0.2, 0.25) is 0 Å². The molecule has 1 aromatic rings. The molecule has 0 bridgehead atoms. The van der Waals surface area contributed by atoms with Crippen molar-refractivity contribution in [2.45, 2.75) is 18.8 Å². The summed E-state index contributed by atoms with van der Waals surface area (Å²) in [7, 11) is 0. The van der Waals surface area contributed by atoms with Crippen LogP contribution in [0.25, 0.3) is 0 Å². The van der Waals surface area contributed by atoms with E-state index in [1.807, 2.05) is 0 Å². The standard InChI is InChI=1S/C10H14ClNO2/c1-6-2-7(4-11)3-8(10(6)14)9(12)5-13/h2-3,9,13-14H,4-5,12H2,1H3/t9-/m0/s1. The first kappa shape index (κ1) is 11.3. The number of benzene rings is 1. The molecule has 0 aliphatic heterocycles. The van der Waals surface area contributed by atoms with Crippen molar-refractivity contribution < 1.29 is 10.2 Å². The quantitative estimate of drug-likeness (QED) is 0.669. The number of aromatic hydroxyl groups is 1. The smallest absolute Gasteiger partial charge is 0.123 e. The molecular weight excluding hydrogens is 202 g/mol. The molecule has 0 aliphatic carbocycles. The van der Waals surface area contributed by atoms with E-state index in [4.69, 9.17) is 22.4 Å². The SMILES string of the molecule is Cc1cc(CCl)cc([C@@H](N)CO)c1O. The molecule has 4 heteroatoms. The Balaban J connectivity index is 3.20. The molecule has 3 nitrogen and oxygen atoms in total. The highest BCUT2D eigenvalue weighted by Gasteiger charge is 2.12. The second-order valence-electron chi connectivity index (χ2n) is 3.27. The number of aryl methyl sites for hydroxylation is 1. The number of halogens is 1. The number of nitrogens with two attached hydrogens (primary N) is 1. The zero-order valence-corrected chi connectivity index (χ0v) is 8.75. The van der Waals surface area contributed by atoms with Crippen LogP contribution < -0.4 is 5.73 Å². The van der Waals surface area contributed by atoms with Crippen LogP contribution >= 0.6 is 11.6 Å². The van der Waals surface area contributed by atoms with Crippen molar-refractivity contribution in [2.24, 2.45) is 5.73 Å². The van der Waals surface area contributed by atoms with Gasteiger partial charge in [0.2, 0.25) is 0 Å². The average molecular weight is 216 g/mol. The number of aliphatic hydroxyl groups excluding tert-OH is 1. The van der Waals surface area contributed by atoms with Crippen LogP contribution in [-0.2, 0) is 5.88 Å². The second kappa shape index (κ2) is 4.64. The molecule has 0 saturated carbocycles. The van der Waals surface area contributed by atoms with Crippen LogP contribution in [-0.4, -0.2) is 16.8 Å². The van der Waals surface area contributed by atoms with E-state index in [1.165, 1.54) is 0 Å². The fraction of sp³-hybridized carbons (Fsp3) is 0.400.